The summed E-state index contributed by atoms with van der Waals surface area (Å²) in [5, 5.41) is 3.31. The normalized spacial score (nSPS) is 10.1. The monoisotopic (exact) mass is 326 g/mol. The van der Waals surface area contributed by atoms with Crippen molar-refractivity contribution in [3.05, 3.63) is 46.2 Å². The molecule has 0 bridgehead atoms. The molecule has 5 nitrogen and oxygen atoms in total. The molecule has 0 unspecified atom stereocenters. The third-order valence-corrected chi connectivity index (χ3v) is 3.34. The molecular formula is C14H12Cl2N2O3. The van der Waals surface area contributed by atoms with Gasteiger partial charge in [-0.3, -0.25) is 9.78 Å². The molecule has 0 spiro atoms. The molecule has 1 amide bonds. The molecule has 0 saturated heterocycles. The van der Waals surface area contributed by atoms with Crippen molar-refractivity contribution in [3.8, 4) is 11.5 Å². The summed E-state index contributed by atoms with van der Waals surface area (Å²) in [6, 6.07) is 4.66. The van der Waals surface area contributed by atoms with Crippen LogP contribution in [0.25, 0.3) is 0 Å². The van der Waals surface area contributed by atoms with E-state index in [2.05, 4.69) is 10.3 Å². The highest BCUT2D eigenvalue weighted by Gasteiger charge is 2.15. The molecule has 0 fully saturated rings. The topological polar surface area (TPSA) is 60.5 Å². The summed E-state index contributed by atoms with van der Waals surface area (Å²) in [5.74, 6) is 0.491. The Hall–Kier alpha value is -1.98. The van der Waals surface area contributed by atoms with E-state index in [1.54, 1.807) is 12.1 Å². The highest BCUT2D eigenvalue weighted by Crippen LogP contribution is 2.36. The van der Waals surface area contributed by atoms with Crippen molar-refractivity contribution in [2.75, 3.05) is 19.5 Å². The third kappa shape index (κ3) is 3.37. The maximum atomic E-state index is 12.2. The average molecular weight is 327 g/mol. The minimum absolute atomic E-state index is 0.258. The van der Waals surface area contributed by atoms with Crippen molar-refractivity contribution >= 4 is 34.8 Å². The summed E-state index contributed by atoms with van der Waals surface area (Å²) in [7, 11) is 2.98. The quantitative estimate of drug-likeness (QED) is 0.931. The van der Waals surface area contributed by atoms with Gasteiger partial charge in [0.25, 0.3) is 5.91 Å². The van der Waals surface area contributed by atoms with E-state index in [0.717, 1.165) is 0 Å². The standard InChI is InChI=1S/C14H12Cl2N2O3/c1-20-12-6-13(21-2)11(5-9(12)15)18-14(19)8-3-4-17-7-10(8)16/h3-7H,1-2H3,(H,18,19). The van der Waals surface area contributed by atoms with Gasteiger partial charge in [-0.25, -0.2) is 0 Å². The van der Waals surface area contributed by atoms with Crippen LogP contribution in [0.3, 0.4) is 0 Å². The fourth-order valence-corrected chi connectivity index (χ4v) is 2.15. The Morgan fingerprint density at radius 2 is 1.86 bits per heavy atom. The Kier molecular flexibility index (Phi) is 4.88. The number of halogens is 2. The van der Waals surface area contributed by atoms with E-state index in [4.69, 9.17) is 32.7 Å². The molecule has 2 rings (SSSR count). The van der Waals surface area contributed by atoms with Gasteiger partial charge in [-0.2, -0.15) is 0 Å². The first-order chi connectivity index (χ1) is 10.1. The Morgan fingerprint density at radius 1 is 1.14 bits per heavy atom. The lowest BCUT2D eigenvalue weighted by atomic mass is 10.2. The number of nitrogens with zero attached hydrogens (tertiary/aromatic N) is 1. The molecule has 1 N–H and O–H groups in total. The van der Waals surface area contributed by atoms with Gasteiger partial charge in [0.1, 0.15) is 11.5 Å². The molecule has 1 aromatic carbocycles. The molecule has 7 heteroatoms. The molecule has 0 aliphatic rings. The first-order valence-electron chi connectivity index (χ1n) is 5.89. The fourth-order valence-electron chi connectivity index (χ4n) is 1.71. The SMILES string of the molecule is COc1cc(OC)c(NC(=O)c2ccncc2Cl)cc1Cl. The van der Waals surface area contributed by atoms with Crippen LogP contribution in [-0.4, -0.2) is 25.1 Å². The first kappa shape index (κ1) is 15.4. The summed E-state index contributed by atoms with van der Waals surface area (Å²) in [6.45, 7) is 0. The van der Waals surface area contributed by atoms with E-state index in [1.165, 1.54) is 32.7 Å². The van der Waals surface area contributed by atoms with E-state index in [1.807, 2.05) is 0 Å². The second kappa shape index (κ2) is 6.65. The van der Waals surface area contributed by atoms with E-state index in [-0.39, 0.29) is 10.9 Å². The van der Waals surface area contributed by atoms with Crippen molar-refractivity contribution in [2.24, 2.45) is 0 Å². The zero-order valence-corrected chi connectivity index (χ0v) is 12.8. The van der Waals surface area contributed by atoms with E-state index in [9.17, 15) is 4.79 Å². The molecule has 2 aromatic rings. The highest BCUT2D eigenvalue weighted by molar-refractivity contribution is 6.34. The van der Waals surface area contributed by atoms with Crippen LogP contribution >= 0.6 is 23.2 Å². The summed E-state index contributed by atoms with van der Waals surface area (Å²) in [4.78, 5) is 16.0. The molecule has 21 heavy (non-hydrogen) atoms. The number of rotatable bonds is 4. The van der Waals surface area contributed by atoms with Crippen LogP contribution in [0.15, 0.2) is 30.6 Å². The molecule has 0 aliphatic heterocycles. The van der Waals surface area contributed by atoms with Crippen molar-refractivity contribution < 1.29 is 14.3 Å². The highest BCUT2D eigenvalue weighted by atomic mass is 35.5. The van der Waals surface area contributed by atoms with Gasteiger partial charge in [0.05, 0.1) is 35.5 Å². The van der Waals surface area contributed by atoms with Gasteiger partial charge < -0.3 is 14.8 Å². The molecule has 1 aromatic heterocycles. The maximum absolute atomic E-state index is 12.2. The van der Waals surface area contributed by atoms with Crippen molar-refractivity contribution in [2.45, 2.75) is 0 Å². The smallest absolute Gasteiger partial charge is 0.257 e. The van der Waals surface area contributed by atoms with E-state index in [0.29, 0.717) is 27.8 Å². The van der Waals surface area contributed by atoms with Gasteiger partial charge in [-0.05, 0) is 12.1 Å². The number of anilines is 1. The van der Waals surface area contributed by atoms with E-state index < -0.39 is 0 Å². The molecule has 0 aliphatic carbocycles. The molecule has 0 saturated carbocycles. The zero-order chi connectivity index (χ0) is 15.4. The van der Waals surface area contributed by atoms with Crippen LogP contribution in [-0.2, 0) is 0 Å². The van der Waals surface area contributed by atoms with Crippen molar-refractivity contribution in [1.82, 2.24) is 4.98 Å². The minimum Gasteiger partial charge on any atom is -0.495 e. The van der Waals surface area contributed by atoms with Crippen LogP contribution < -0.4 is 14.8 Å². The molecule has 1 heterocycles. The molecule has 0 atom stereocenters. The Balaban J connectivity index is 2.33. The van der Waals surface area contributed by atoms with Gasteiger partial charge >= 0.3 is 0 Å². The summed E-state index contributed by atoms with van der Waals surface area (Å²) in [5.41, 5.74) is 0.724. The Labute approximate surface area is 131 Å². The summed E-state index contributed by atoms with van der Waals surface area (Å²) in [6.07, 6.45) is 2.88. The fraction of sp³-hybridized carbons (Fsp3) is 0.143. The molecular weight excluding hydrogens is 315 g/mol. The minimum atomic E-state index is -0.387. The number of pyridine rings is 1. The van der Waals surface area contributed by atoms with E-state index >= 15 is 0 Å². The predicted octanol–water partition coefficient (Wildman–Crippen LogP) is 3.66. The van der Waals surface area contributed by atoms with Gasteiger partial charge in [-0.15, -0.1) is 0 Å². The predicted molar refractivity (Wildman–Crippen MR) is 81.8 cm³/mol. The largest absolute Gasteiger partial charge is 0.495 e. The number of nitrogens with one attached hydrogen (secondary N) is 1. The first-order valence-corrected chi connectivity index (χ1v) is 6.64. The average Bonchev–Trinajstić information content (AvgIpc) is 2.48. The lowest BCUT2D eigenvalue weighted by Gasteiger charge is -2.13. The maximum Gasteiger partial charge on any atom is 0.257 e. The van der Waals surface area contributed by atoms with Crippen LogP contribution in [0.2, 0.25) is 10.0 Å². The summed E-state index contributed by atoms with van der Waals surface area (Å²) < 4.78 is 10.3. The number of carbonyl (C=O) groups excluding carboxylic acids is 1. The van der Waals surface area contributed by atoms with Gasteiger partial charge in [0, 0.05) is 18.5 Å². The number of ether oxygens (including phenoxy) is 2. The number of hydrogen-bond donors (Lipinski definition) is 1. The van der Waals surface area contributed by atoms with Gasteiger partial charge in [-0.1, -0.05) is 23.2 Å². The van der Waals surface area contributed by atoms with Crippen molar-refractivity contribution in [1.29, 1.82) is 0 Å². The van der Waals surface area contributed by atoms with Gasteiger partial charge in [0.15, 0.2) is 0 Å². The Morgan fingerprint density at radius 3 is 2.48 bits per heavy atom. The number of hydrogen-bond acceptors (Lipinski definition) is 4. The lowest BCUT2D eigenvalue weighted by Crippen LogP contribution is -2.13. The second-order valence-electron chi connectivity index (χ2n) is 4.00. The number of carbonyl (C=O) groups is 1. The van der Waals surface area contributed by atoms with Crippen LogP contribution in [0.4, 0.5) is 5.69 Å². The van der Waals surface area contributed by atoms with Crippen LogP contribution in [0.5, 0.6) is 11.5 Å². The van der Waals surface area contributed by atoms with Gasteiger partial charge in [0.2, 0.25) is 0 Å². The zero-order valence-electron chi connectivity index (χ0n) is 11.3. The summed E-state index contributed by atoms with van der Waals surface area (Å²) >= 11 is 12.0. The second-order valence-corrected chi connectivity index (χ2v) is 4.81. The van der Waals surface area contributed by atoms with Crippen LogP contribution in [0, 0.1) is 0 Å². The van der Waals surface area contributed by atoms with Crippen LogP contribution in [0.1, 0.15) is 10.4 Å². The third-order valence-electron chi connectivity index (χ3n) is 2.74. The number of amides is 1. The number of benzene rings is 1. The number of methoxy groups -OCH3 is 2. The molecule has 110 valence electrons. The molecule has 0 radical (unpaired) electrons. The number of aromatic nitrogens is 1. The lowest BCUT2D eigenvalue weighted by molar-refractivity contribution is 0.102. The Bertz CT molecular complexity index is 677. The van der Waals surface area contributed by atoms with Crippen molar-refractivity contribution in [3.63, 3.8) is 0 Å².